The van der Waals surface area contributed by atoms with Crippen LogP contribution < -0.4 is 5.73 Å². The maximum absolute atomic E-state index is 6.35. The van der Waals surface area contributed by atoms with Crippen molar-refractivity contribution in [3.05, 3.63) is 35.9 Å². The number of likely N-dealkylation sites (N-methyl/N-ethyl adjacent to an activating group) is 1. The van der Waals surface area contributed by atoms with Crippen LogP contribution in [0.2, 0.25) is 0 Å². The van der Waals surface area contributed by atoms with Gasteiger partial charge in [-0.1, -0.05) is 30.3 Å². The van der Waals surface area contributed by atoms with Crippen molar-refractivity contribution < 1.29 is 0 Å². The monoisotopic (exact) mass is 288 g/mol. The van der Waals surface area contributed by atoms with Gasteiger partial charge in [0, 0.05) is 51.4 Å². The van der Waals surface area contributed by atoms with Crippen molar-refractivity contribution in [2.45, 2.75) is 25.0 Å². The fourth-order valence-electron chi connectivity index (χ4n) is 3.59. The van der Waals surface area contributed by atoms with Gasteiger partial charge in [-0.3, -0.25) is 9.80 Å². The molecule has 4 heteroatoms. The van der Waals surface area contributed by atoms with Crippen LogP contribution in [-0.2, 0) is 6.54 Å². The number of nitrogens with zero attached hydrogens (tertiary/aromatic N) is 3. The minimum absolute atomic E-state index is 0.349. The molecule has 4 nitrogen and oxygen atoms in total. The first kappa shape index (κ1) is 15.0. The van der Waals surface area contributed by atoms with Crippen molar-refractivity contribution in [1.82, 2.24) is 14.7 Å². The quantitative estimate of drug-likeness (QED) is 0.894. The Bertz CT molecular complexity index is 428. The molecule has 2 unspecified atom stereocenters. The van der Waals surface area contributed by atoms with E-state index in [9.17, 15) is 0 Å². The van der Waals surface area contributed by atoms with E-state index in [-0.39, 0.29) is 0 Å². The summed E-state index contributed by atoms with van der Waals surface area (Å²) in [5.74, 6) is 0. The van der Waals surface area contributed by atoms with Crippen LogP contribution in [0.4, 0.5) is 0 Å². The number of rotatable bonds is 3. The molecule has 0 saturated carbocycles. The van der Waals surface area contributed by atoms with E-state index in [1.165, 1.54) is 5.56 Å². The summed E-state index contributed by atoms with van der Waals surface area (Å²) in [5.41, 5.74) is 7.77. The zero-order valence-electron chi connectivity index (χ0n) is 13.1. The largest absolute Gasteiger partial charge is 0.326 e. The lowest BCUT2D eigenvalue weighted by Crippen LogP contribution is -2.61. The smallest absolute Gasteiger partial charge is 0.0375 e. The number of hydrogen-bond acceptors (Lipinski definition) is 4. The molecule has 2 fully saturated rings. The minimum Gasteiger partial charge on any atom is -0.326 e. The van der Waals surface area contributed by atoms with Crippen molar-refractivity contribution in [1.29, 1.82) is 0 Å². The Hall–Kier alpha value is -0.940. The van der Waals surface area contributed by atoms with Gasteiger partial charge in [0.15, 0.2) is 0 Å². The van der Waals surface area contributed by atoms with Gasteiger partial charge in [0.25, 0.3) is 0 Å². The summed E-state index contributed by atoms with van der Waals surface area (Å²) in [6, 6.07) is 11.7. The first-order valence-corrected chi connectivity index (χ1v) is 8.17. The van der Waals surface area contributed by atoms with E-state index < -0.39 is 0 Å². The third kappa shape index (κ3) is 3.83. The molecule has 2 N–H and O–H groups in total. The van der Waals surface area contributed by atoms with Crippen LogP contribution in [0.25, 0.3) is 0 Å². The molecule has 1 aromatic carbocycles. The molecule has 2 aliphatic heterocycles. The van der Waals surface area contributed by atoms with Crippen molar-refractivity contribution in [3.63, 3.8) is 0 Å². The van der Waals surface area contributed by atoms with Crippen LogP contribution in [0.15, 0.2) is 30.3 Å². The van der Waals surface area contributed by atoms with Crippen LogP contribution in [0.1, 0.15) is 12.0 Å². The molecule has 0 amide bonds. The lowest BCUT2D eigenvalue weighted by atomic mass is 9.98. The van der Waals surface area contributed by atoms with Crippen LogP contribution in [0, 0.1) is 0 Å². The summed E-state index contributed by atoms with van der Waals surface area (Å²) in [6.07, 6.45) is 1.13. The summed E-state index contributed by atoms with van der Waals surface area (Å²) in [6.45, 7) is 7.96. The molecule has 0 bridgehead atoms. The summed E-state index contributed by atoms with van der Waals surface area (Å²) in [5, 5.41) is 0. The Morgan fingerprint density at radius 3 is 2.48 bits per heavy atom. The molecule has 2 aliphatic rings. The van der Waals surface area contributed by atoms with E-state index in [0.717, 1.165) is 52.2 Å². The molecular formula is C17H28N4. The van der Waals surface area contributed by atoms with Crippen molar-refractivity contribution in [2.75, 3.05) is 46.3 Å². The van der Waals surface area contributed by atoms with Gasteiger partial charge in [-0.25, -0.2) is 0 Å². The van der Waals surface area contributed by atoms with Gasteiger partial charge >= 0.3 is 0 Å². The van der Waals surface area contributed by atoms with Crippen LogP contribution >= 0.6 is 0 Å². The lowest BCUT2D eigenvalue weighted by Gasteiger charge is -2.45. The number of likely N-dealkylation sites (tertiary alicyclic amines) is 1. The number of piperidine rings is 1. The Morgan fingerprint density at radius 1 is 1.05 bits per heavy atom. The van der Waals surface area contributed by atoms with Crippen LogP contribution in [-0.4, -0.2) is 73.1 Å². The number of benzene rings is 1. The topological polar surface area (TPSA) is 35.7 Å². The lowest BCUT2D eigenvalue weighted by molar-refractivity contribution is 0.0464. The molecule has 2 heterocycles. The summed E-state index contributed by atoms with van der Waals surface area (Å²) in [4.78, 5) is 7.59. The number of hydrogen-bond donors (Lipinski definition) is 1. The summed E-state index contributed by atoms with van der Waals surface area (Å²) < 4.78 is 0. The second kappa shape index (κ2) is 6.88. The Morgan fingerprint density at radius 2 is 1.76 bits per heavy atom. The SMILES string of the molecule is CN1CCC(N)C(N2CCN(Cc3ccccc3)CC2)C1. The fourth-order valence-corrected chi connectivity index (χ4v) is 3.59. The second-order valence-electron chi connectivity index (χ2n) is 6.58. The predicted octanol–water partition coefficient (Wildman–Crippen LogP) is 0.836. The van der Waals surface area contributed by atoms with Gasteiger partial charge < -0.3 is 10.6 Å². The van der Waals surface area contributed by atoms with Crippen LogP contribution in [0.5, 0.6) is 0 Å². The highest BCUT2D eigenvalue weighted by Crippen LogP contribution is 2.17. The standard InChI is InChI=1S/C17H28N4/c1-19-8-7-16(18)17(14-19)21-11-9-20(10-12-21)13-15-5-3-2-4-6-15/h2-6,16-17H,7-14,18H2,1H3. The molecule has 0 spiro atoms. The van der Waals surface area contributed by atoms with Gasteiger partial charge in [-0.2, -0.15) is 0 Å². The zero-order chi connectivity index (χ0) is 14.7. The Balaban J connectivity index is 1.50. The molecule has 3 rings (SSSR count). The fraction of sp³-hybridized carbons (Fsp3) is 0.647. The highest BCUT2D eigenvalue weighted by atomic mass is 15.3. The Labute approximate surface area is 128 Å². The average Bonchev–Trinajstić information content (AvgIpc) is 2.52. The third-order valence-corrected chi connectivity index (χ3v) is 4.96. The molecule has 116 valence electrons. The summed E-state index contributed by atoms with van der Waals surface area (Å²) in [7, 11) is 2.21. The third-order valence-electron chi connectivity index (χ3n) is 4.96. The number of nitrogens with two attached hydrogens (primary N) is 1. The van der Waals surface area contributed by atoms with E-state index in [2.05, 4.69) is 52.1 Å². The molecule has 2 atom stereocenters. The second-order valence-corrected chi connectivity index (χ2v) is 6.58. The minimum atomic E-state index is 0.349. The molecule has 0 aromatic heterocycles. The van der Waals surface area contributed by atoms with Crippen molar-refractivity contribution in [2.24, 2.45) is 5.73 Å². The highest BCUT2D eigenvalue weighted by molar-refractivity contribution is 5.14. The Kier molecular flexibility index (Phi) is 4.91. The van der Waals surface area contributed by atoms with Gasteiger partial charge in [-0.15, -0.1) is 0 Å². The summed E-state index contributed by atoms with van der Waals surface area (Å²) >= 11 is 0. The van der Waals surface area contributed by atoms with E-state index in [4.69, 9.17) is 5.73 Å². The zero-order valence-corrected chi connectivity index (χ0v) is 13.1. The van der Waals surface area contributed by atoms with E-state index in [1.807, 2.05) is 0 Å². The molecule has 21 heavy (non-hydrogen) atoms. The van der Waals surface area contributed by atoms with Crippen molar-refractivity contribution in [3.8, 4) is 0 Å². The normalized spacial score (nSPS) is 29.6. The molecule has 2 saturated heterocycles. The predicted molar refractivity (Wildman–Crippen MR) is 87.2 cm³/mol. The van der Waals surface area contributed by atoms with Gasteiger partial charge in [-0.05, 0) is 25.6 Å². The molecule has 0 aliphatic carbocycles. The maximum atomic E-state index is 6.35. The van der Waals surface area contributed by atoms with E-state index in [0.29, 0.717) is 12.1 Å². The maximum Gasteiger partial charge on any atom is 0.0375 e. The highest BCUT2D eigenvalue weighted by Gasteiger charge is 2.31. The average molecular weight is 288 g/mol. The first-order chi connectivity index (χ1) is 10.2. The van der Waals surface area contributed by atoms with E-state index >= 15 is 0 Å². The van der Waals surface area contributed by atoms with Gasteiger partial charge in [0.05, 0.1) is 0 Å². The number of piperazine rings is 1. The van der Waals surface area contributed by atoms with Gasteiger partial charge in [0.1, 0.15) is 0 Å². The molecule has 0 radical (unpaired) electrons. The van der Waals surface area contributed by atoms with Gasteiger partial charge in [0.2, 0.25) is 0 Å². The molecule has 1 aromatic rings. The van der Waals surface area contributed by atoms with Crippen molar-refractivity contribution >= 4 is 0 Å². The van der Waals surface area contributed by atoms with Crippen LogP contribution in [0.3, 0.4) is 0 Å². The molecular weight excluding hydrogens is 260 g/mol. The van der Waals surface area contributed by atoms with E-state index in [1.54, 1.807) is 0 Å². The first-order valence-electron chi connectivity index (χ1n) is 8.17.